The number of aromatic carboxylic acids is 1. The second kappa shape index (κ2) is 5.11. The summed E-state index contributed by atoms with van der Waals surface area (Å²) in [5, 5.41) is 18.9. The number of hydrogen-bond donors (Lipinski definition) is 1. The first-order valence-corrected chi connectivity index (χ1v) is 4.24. The first kappa shape index (κ1) is 11.2. The molecule has 0 amide bonds. The molecule has 0 bridgehead atoms. The highest BCUT2D eigenvalue weighted by molar-refractivity contribution is 5.93. The van der Waals surface area contributed by atoms with Gasteiger partial charge in [-0.3, -0.25) is 0 Å². The number of carboxylic acids is 1. The molecule has 1 N–H and O–H groups in total. The van der Waals surface area contributed by atoms with Gasteiger partial charge in [0.15, 0.2) is 0 Å². The van der Waals surface area contributed by atoms with Crippen LogP contribution in [-0.4, -0.2) is 30.3 Å². The molecule has 0 saturated carbocycles. The largest absolute Gasteiger partial charge is 0.545 e. The number of rotatable bonds is 4. The molecule has 0 aliphatic carbocycles. The van der Waals surface area contributed by atoms with Crippen LogP contribution in [0.5, 0.6) is 0 Å². The van der Waals surface area contributed by atoms with Gasteiger partial charge in [-0.25, -0.2) is 4.79 Å². The molecule has 0 heterocycles. The Labute approximate surface area is 85.9 Å². The van der Waals surface area contributed by atoms with Crippen LogP contribution in [0.1, 0.15) is 20.7 Å². The van der Waals surface area contributed by atoms with E-state index in [2.05, 4.69) is 4.74 Å². The van der Waals surface area contributed by atoms with Crippen LogP contribution < -0.4 is 5.11 Å². The predicted molar refractivity (Wildman–Crippen MR) is 48.1 cm³/mol. The lowest BCUT2D eigenvalue weighted by Crippen LogP contribution is -2.22. The third-order valence-corrected chi connectivity index (χ3v) is 1.66. The van der Waals surface area contributed by atoms with Crippen LogP contribution in [0, 0.1) is 0 Å². The fourth-order valence-electron chi connectivity index (χ4n) is 0.995. The Kier molecular flexibility index (Phi) is 3.82. The topological polar surface area (TPSA) is 86.7 Å². The monoisotopic (exact) mass is 209 g/mol. The lowest BCUT2D eigenvalue weighted by Gasteiger charge is -2.05. The molecule has 5 nitrogen and oxygen atoms in total. The van der Waals surface area contributed by atoms with E-state index in [0.717, 1.165) is 6.07 Å². The van der Waals surface area contributed by atoms with Gasteiger partial charge in [0.1, 0.15) is 6.61 Å². The fourth-order valence-corrected chi connectivity index (χ4v) is 0.995. The number of aliphatic hydroxyl groups excluding tert-OH is 1. The minimum Gasteiger partial charge on any atom is -0.545 e. The summed E-state index contributed by atoms with van der Waals surface area (Å²) >= 11 is 0. The van der Waals surface area contributed by atoms with Crippen LogP contribution >= 0.6 is 0 Å². The van der Waals surface area contributed by atoms with Crippen LogP contribution in [0.3, 0.4) is 0 Å². The lowest BCUT2D eigenvalue weighted by molar-refractivity contribution is -0.255. The molecule has 0 aromatic heterocycles. The number of esters is 1. The van der Waals surface area contributed by atoms with E-state index in [0.29, 0.717) is 0 Å². The minimum atomic E-state index is -1.35. The van der Waals surface area contributed by atoms with Crippen LogP contribution in [-0.2, 0) is 4.74 Å². The highest BCUT2D eigenvalue weighted by Crippen LogP contribution is 2.06. The van der Waals surface area contributed by atoms with Gasteiger partial charge < -0.3 is 19.7 Å². The molecule has 1 aromatic rings. The van der Waals surface area contributed by atoms with Crippen molar-refractivity contribution in [2.24, 2.45) is 0 Å². The minimum absolute atomic E-state index is 0.0894. The van der Waals surface area contributed by atoms with Gasteiger partial charge in [0.05, 0.1) is 18.1 Å². The Morgan fingerprint density at radius 1 is 1.33 bits per heavy atom. The molecule has 0 saturated heterocycles. The van der Waals surface area contributed by atoms with Crippen molar-refractivity contribution in [3.05, 3.63) is 35.4 Å². The first-order valence-electron chi connectivity index (χ1n) is 4.24. The molecule has 1 rings (SSSR count). The summed E-state index contributed by atoms with van der Waals surface area (Å²) in [4.78, 5) is 21.7. The summed E-state index contributed by atoms with van der Waals surface area (Å²) in [6.45, 7) is -0.389. The molecular formula is C10H9O5-. The summed E-state index contributed by atoms with van der Waals surface area (Å²) < 4.78 is 4.61. The smallest absolute Gasteiger partial charge is 0.338 e. The van der Waals surface area contributed by atoms with E-state index in [4.69, 9.17) is 5.11 Å². The summed E-state index contributed by atoms with van der Waals surface area (Å²) in [6.07, 6.45) is 0. The van der Waals surface area contributed by atoms with Gasteiger partial charge in [0, 0.05) is 0 Å². The van der Waals surface area contributed by atoms with E-state index in [1.54, 1.807) is 0 Å². The number of carbonyl (C=O) groups excluding carboxylic acids is 2. The SMILES string of the molecule is O=C([O-])c1cccc(C(=O)OCCO)c1. The van der Waals surface area contributed by atoms with Gasteiger partial charge in [0.25, 0.3) is 0 Å². The average Bonchev–Trinajstić information content (AvgIpc) is 2.26. The van der Waals surface area contributed by atoms with Crippen molar-refractivity contribution in [2.45, 2.75) is 0 Å². The third-order valence-electron chi connectivity index (χ3n) is 1.66. The lowest BCUT2D eigenvalue weighted by atomic mass is 10.1. The van der Waals surface area contributed by atoms with Crippen molar-refractivity contribution in [1.82, 2.24) is 0 Å². The van der Waals surface area contributed by atoms with Gasteiger partial charge in [-0.15, -0.1) is 0 Å². The molecule has 80 valence electrons. The van der Waals surface area contributed by atoms with Gasteiger partial charge in [-0.1, -0.05) is 12.1 Å². The average molecular weight is 209 g/mol. The Morgan fingerprint density at radius 3 is 2.60 bits per heavy atom. The number of ether oxygens (including phenoxy) is 1. The van der Waals surface area contributed by atoms with E-state index in [-0.39, 0.29) is 24.3 Å². The molecule has 0 fully saturated rings. The maximum absolute atomic E-state index is 11.2. The maximum atomic E-state index is 11.2. The quantitative estimate of drug-likeness (QED) is 0.656. The van der Waals surface area contributed by atoms with Crippen molar-refractivity contribution in [3.8, 4) is 0 Å². The Balaban J connectivity index is 2.81. The zero-order chi connectivity index (χ0) is 11.3. The molecule has 15 heavy (non-hydrogen) atoms. The van der Waals surface area contributed by atoms with Crippen LogP contribution in [0.25, 0.3) is 0 Å². The number of carboxylic acid groups (broad SMARTS) is 1. The van der Waals surface area contributed by atoms with Gasteiger partial charge in [0.2, 0.25) is 0 Å². The highest BCUT2D eigenvalue weighted by Gasteiger charge is 2.07. The zero-order valence-electron chi connectivity index (χ0n) is 7.80. The van der Waals surface area contributed by atoms with Gasteiger partial charge in [-0.05, 0) is 17.7 Å². The van der Waals surface area contributed by atoms with Crippen LogP contribution in [0.15, 0.2) is 24.3 Å². The van der Waals surface area contributed by atoms with E-state index in [1.807, 2.05) is 0 Å². The number of benzene rings is 1. The van der Waals surface area contributed by atoms with Crippen molar-refractivity contribution in [1.29, 1.82) is 0 Å². The second-order valence-corrected chi connectivity index (χ2v) is 2.73. The van der Waals surface area contributed by atoms with Crippen molar-refractivity contribution in [3.63, 3.8) is 0 Å². The molecule has 0 aliphatic heterocycles. The fraction of sp³-hybridized carbons (Fsp3) is 0.200. The molecule has 0 unspecified atom stereocenters. The standard InChI is InChI=1S/C10H10O5/c11-4-5-15-10(14)8-3-1-2-7(6-8)9(12)13/h1-3,6,11H,4-5H2,(H,12,13)/p-1. The normalized spacial score (nSPS) is 9.67. The predicted octanol–water partition coefficient (Wildman–Crippen LogP) is -0.801. The molecule has 1 aromatic carbocycles. The van der Waals surface area contributed by atoms with E-state index in [1.165, 1.54) is 18.2 Å². The molecular weight excluding hydrogens is 200 g/mol. The first-order chi connectivity index (χ1) is 7.15. The number of carbonyl (C=O) groups is 2. The third kappa shape index (κ3) is 3.07. The maximum Gasteiger partial charge on any atom is 0.338 e. The summed E-state index contributed by atoms with van der Waals surface area (Å²) in [6, 6.07) is 5.32. The number of aliphatic hydroxyl groups is 1. The summed E-state index contributed by atoms with van der Waals surface area (Å²) in [5.74, 6) is -2.03. The van der Waals surface area contributed by atoms with Crippen molar-refractivity contribution >= 4 is 11.9 Å². The Morgan fingerprint density at radius 2 is 2.00 bits per heavy atom. The molecule has 0 aliphatic rings. The molecule has 0 atom stereocenters. The molecule has 0 spiro atoms. The van der Waals surface area contributed by atoms with Crippen molar-refractivity contribution < 1.29 is 24.5 Å². The van der Waals surface area contributed by atoms with Crippen LogP contribution in [0.2, 0.25) is 0 Å². The van der Waals surface area contributed by atoms with Crippen molar-refractivity contribution in [2.75, 3.05) is 13.2 Å². The van der Waals surface area contributed by atoms with Gasteiger partial charge >= 0.3 is 5.97 Å². The zero-order valence-corrected chi connectivity index (χ0v) is 7.80. The second-order valence-electron chi connectivity index (χ2n) is 2.73. The summed E-state index contributed by atoms with van der Waals surface area (Å²) in [5.41, 5.74) is 0.0265. The van der Waals surface area contributed by atoms with E-state index in [9.17, 15) is 14.7 Å². The molecule has 0 radical (unpaired) electrons. The van der Waals surface area contributed by atoms with E-state index < -0.39 is 11.9 Å². The van der Waals surface area contributed by atoms with Crippen LogP contribution in [0.4, 0.5) is 0 Å². The highest BCUT2D eigenvalue weighted by atomic mass is 16.5. The Bertz CT molecular complexity index is 372. The van der Waals surface area contributed by atoms with Gasteiger partial charge in [-0.2, -0.15) is 0 Å². The van der Waals surface area contributed by atoms with E-state index >= 15 is 0 Å². The number of hydrogen-bond acceptors (Lipinski definition) is 5. The summed E-state index contributed by atoms with van der Waals surface area (Å²) in [7, 11) is 0. The molecule has 5 heteroatoms. The Hall–Kier alpha value is -1.88.